The van der Waals surface area contributed by atoms with Gasteiger partial charge in [0, 0.05) is 38.1 Å². The lowest BCUT2D eigenvalue weighted by Crippen LogP contribution is -2.38. The average Bonchev–Trinajstić information content (AvgIpc) is 3.03. The third-order valence-corrected chi connectivity index (χ3v) is 5.03. The van der Waals surface area contributed by atoms with Gasteiger partial charge in [0.25, 0.3) is 0 Å². The van der Waals surface area contributed by atoms with Crippen molar-refractivity contribution >= 4 is 29.9 Å². The Hall–Kier alpha value is -1.65. The van der Waals surface area contributed by atoms with Gasteiger partial charge in [-0.3, -0.25) is 4.68 Å². The molecular weight excluding hydrogens is 505 g/mol. The summed E-state index contributed by atoms with van der Waals surface area (Å²) in [5.74, 6) is 0.817. The van der Waals surface area contributed by atoms with Crippen molar-refractivity contribution in [2.75, 3.05) is 33.4 Å². The summed E-state index contributed by atoms with van der Waals surface area (Å²) in [6, 6.07) is 10.3. The first kappa shape index (κ1) is 27.4. The molecule has 0 amide bonds. The second kappa shape index (κ2) is 15.2. The molecule has 1 aromatic heterocycles. The van der Waals surface area contributed by atoms with Gasteiger partial charge in [0.15, 0.2) is 5.96 Å². The molecule has 0 aliphatic heterocycles. The standard InChI is InChI=1S/C23H37N5O2.HI/c1-6-24-23(25-13-10-15-30-20(4)21-11-8-7-9-12-21)26-17-22-18(2)27-28(19(22)3)14-16-29-5;/h7-9,11-12,20H,6,10,13-17H2,1-5H3,(H2,24,25,26);1H. The van der Waals surface area contributed by atoms with Crippen LogP contribution in [0.1, 0.15) is 48.9 Å². The van der Waals surface area contributed by atoms with Crippen molar-refractivity contribution < 1.29 is 9.47 Å². The predicted molar refractivity (Wildman–Crippen MR) is 137 cm³/mol. The second-order valence-corrected chi connectivity index (χ2v) is 7.26. The summed E-state index contributed by atoms with van der Waals surface area (Å²) in [6.07, 6.45) is 1.02. The number of aryl methyl sites for hydroxylation is 1. The van der Waals surface area contributed by atoms with Crippen molar-refractivity contribution in [2.24, 2.45) is 4.99 Å². The van der Waals surface area contributed by atoms with E-state index < -0.39 is 0 Å². The van der Waals surface area contributed by atoms with Gasteiger partial charge >= 0.3 is 0 Å². The summed E-state index contributed by atoms with van der Waals surface area (Å²) in [5.41, 5.74) is 4.54. The topological polar surface area (TPSA) is 72.7 Å². The van der Waals surface area contributed by atoms with Crippen molar-refractivity contribution in [3.05, 3.63) is 52.8 Å². The van der Waals surface area contributed by atoms with Gasteiger partial charge in [-0.25, -0.2) is 4.99 Å². The smallest absolute Gasteiger partial charge is 0.191 e. The highest BCUT2D eigenvalue weighted by Crippen LogP contribution is 2.16. The zero-order valence-corrected chi connectivity index (χ0v) is 21.8. The minimum Gasteiger partial charge on any atom is -0.383 e. The Morgan fingerprint density at radius 2 is 1.90 bits per heavy atom. The van der Waals surface area contributed by atoms with Crippen molar-refractivity contribution in [3.63, 3.8) is 0 Å². The molecule has 2 rings (SSSR count). The third-order valence-electron chi connectivity index (χ3n) is 5.03. The normalized spacial score (nSPS) is 12.4. The van der Waals surface area contributed by atoms with E-state index >= 15 is 0 Å². The number of halogens is 1. The highest BCUT2D eigenvalue weighted by atomic mass is 127. The lowest BCUT2D eigenvalue weighted by Gasteiger charge is -2.14. The van der Waals surface area contributed by atoms with Gasteiger partial charge in [-0.05, 0) is 39.7 Å². The van der Waals surface area contributed by atoms with E-state index in [-0.39, 0.29) is 30.1 Å². The molecule has 0 spiro atoms. The molecule has 1 heterocycles. The van der Waals surface area contributed by atoms with Crippen molar-refractivity contribution in [1.29, 1.82) is 0 Å². The van der Waals surface area contributed by atoms with Crippen LogP contribution in [0.2, 0.25) is 0 Å². The fraction of sp³-hybridized carbons (Fsp3) is 0.565. The molecule has 0 radical (unpaired) electrons. The third kappa shape index (κ3) is 9.16. The zero-order valence-electron chi connectivity index (χ0n) is 19.5. The molecule has 1 atom stereocenters. The molecule has 0 saturated heterocycles. The Morgan fingerprint density at radius 3 is 2.58 bits per heavy atom. The lowest BCUT2D eigenvalue weighted by molar-refractivity contribution is 0.0646. The van der Waals surface area contributed by atoms with Crippen LogP contribution in [0.4, 0.5) is 0 Å². The van der Waals surface area contributed by atoms with E-state index in [1.807, 2.05) is 29.8 Å². The monoisotopic (exact) mass is 543 g/mol. The van der Waals surface area contributed by atoms with Crippen LogP contribution in [0.5, 0.6) is 0 Å². The van der Waals surface area contributed by atoms with E-state index in [2.05, 4.69) is 48.6 Å². The van der Waals surface area contributed by atoms with Gasteiger partial charge in [-0.15, -0.1) is 24.0 Å². The van der Waals surface area contributed by atoms with Gasteiger partial charge in [0.05, 0.1) is 31.5 Å². The van der Waals surface area contributed by atoms with Crippen LogP contribution >= 0.6 is 24.0 Å². The van der Waals surface area contributed by atoms with Crippen molar-refractivity contribution in [1.82, 2.24) is 20.4 Å². The number of hydrogen-bond donors (Lipinski definition) is 2. The first-order valence-electron chi connectivity index (χ1n) is 10.8. The highest BCUT2D eigenvalue weighted by Gasteiger charge is 2.11. The van der Waals surface area contributed by atoms with E-state index in [0.29, 0.717) is 19.8 Å². The number of methoxy groups -OCH3 is 1. The molecule has 1 aromatic carbocycles. The van der Waals surface area contributed by atoms with Gasteiger partial charge in [-0.2, -0.15) is 5.10 Å². The summed E-state index contributed by atoms with van der Waals surface area (Å²) in [7, 11) is 1.71. The first-order valence-corrected chi connectivity index (χ1v) is 10.8. The Morgan fingerprint density at radius 1 is 1.16 bits per heavy atom. The number of nitrogens with zero attached hydrogens (tertiary/aromatic N) is 3. The summed E-state index contributed by atoms with van der Waals surface area (Å²) in [5, 5.41) is 11.3. The maximum Gasteiger partial charge on any atom is 0.191 e. The average molecular weight is 543 g/mol. The maximum atomic E-state index is 5.94. The SMILES string of the molecule is CCNC(=NCc1c(C)nn(CCOC)c1C)NCCCOC(C)c1ccccc1.I. The van der Waals surface area contributed by atoms with E-state index in [1.165, 1.54) is 11.1 Å². The Kier molecular flexibility index (Phi) is 13.4. The summed E-state index contributed by atoms with van der Waals surface area (Å²) in [6.45, 7) is 12.6. The fourth-order valence-corrected chi connectivity index (χ4v) is 3.22. The first-order chi connectivity index (χ1) is 14.6. The van der Waals surface area contributed by atoms with Crippen molar-refractivity contribution in [3.8, 4) is 0 Å². The van der Waals surface area contributed by atoms with Crippen LogP contribution in [-0.2, 0) is 22.6 Å². The van der Waals surface area contributed by atoms with Crippen LogP contribution in [0.25, 0.3) is 0 Å². The molecule has 0 fully saturated rings. The number of aliphatic imine (C=N–C) groups is 1. The van der Waals surface area contributed by atoms with E-state index in [0.717, 1.165) is 43.4 Å². The largest absolute Gasteiger partial charge is 0.383 e. The van der Waals surface area contributed by atoms with Crippen molar-refractivity contribution in [2.45, 2.75) is 53.3 Å². The summed E-state index contributed by atoms with van der Waals surface area (Å²) in [4.78, 5) is 4.75. The van der Waals surface area contributed by atoms with Crippen LogP contribution in [-0.4, -0.2) is 49.2 Å². The van der Waals surface area contributed by atoms with E-state index in [1.54, 1.807) is 7.11 Å². The Bertz CT molecular complexity index is 780. The molecule has 0 bridgehead atoms. The number of ether oxygens (including phenoxy) is 2. The van der Waals surface area contributed by atoms with Gasteiger partial charge < -0.3 is 20.1 Å². The highest BCUT2D eigenvalue weighted by molar-refractivity contribution is 14.0. The maximum absolute atomic E-state index is 5.94. The molecule has 0 aliphatic rings. The number of rotatable bonds is 12. The van der Waals surface area contributed by atoms with Gasteiger partial charge in [0.2, 0.25) is 0 Å². The molecule has 1 unspecified atom stereocenters. The zero-order chi connectivity index (χ0) is 21.8. The minimum atomic E-state index is 0. The summed E-state index contributed by atoms with van der Waals surface area (Å²) >= 11 is 0. The molecule has 0 aliphatic carbocycles. The molecule has 0 saturated carbocycles. The van der Waals surface area contributed by atoms with Crippen LogP contribution in [0, 0.1) is 13.8 Å². The van der Waals surface area contributed by atoms with Crippen LogP contribution in [0.15, 0.2) is 35.3 Å². The molecule has 7 nitrogen and oxygen atoms in total. The van der Waals surface area contributed by atoms with Gasteiger partial charge in [0.1, 0.15) is 0 Å². The molecule has 2 N–H and O–H groups in total. The molecule has 8 heteroatoms. The Balaban J connectivity index is 0.00000480. The Labute approximate surface area is 204 Å². The van der Waals surface area contributed by atoms with E-state index in [4.69, 9.17) is 14.5 Å². The van der Waals surface area contributed by atoms with E-state index in [9.17, 15) is 0 Å². The molecule has 2 aromatic rings. The fourth-order valence-electron chi connectivity index (χ4n) is 3.22. The number of guanidine groups is 1. The summed E-state index contributed by atoms with van der Waals surface area (Å²) < 4.78 is 13.1. The minimum absolute atomic E-state index is 0. The lowest BCUT2D eigenvalue weighted by atomic mass is 10.1. The van der Waals surface area contributed by atoms with Gasteiger partial charge in [-0.1, -0.05) is 30.3 Å². The molecule has 31 heavy (non-hydrogen) atoms. The van der Waals surface area contributed by atoms with Crippen LogP contribution < -0.4 is 10.6 Å². The molecule has 174 valence electrons. The number of aromatic nitrogens is 2. The van der Waals surface area contributed by atoms with Crippen LogP contribution in [0.3, 0.4) is 0 Å². The number of benzene rings is 1. The predicted octanol–water partition coefficient (Wildman–Crippen LogP) is 3.99. The number of nitrogens with one attached hydrogen (secondary N) is 2. The number of hydrogen-bond acceptors (Lipinski definition) is 4. The second-order valence-electron chi connectivity index (χ2n) is 7.26. The quantitative estimate of drug-likeness (QED) is 0.183. The molecular formula is C23H38IN5O2.